The Bertz CT molecular complexity index is 665. The average molecular weight is 346 g/mol. The first-order valence-corrected chi connectivity index (χ1v) is 8.84. The molecule has 1 aromatic carbocycles. The lowest BCUT2D eigenvalue weighted by Crippen LogP contribution is -2.53. The predicted octanol–water partition coefficient (Wildman–Crippen LogP) is 3.79. The predicted molar refractivity (Wildman–Crippen MR) is 95.9 cm³/mol. The Morgan fingerprint density at radius 3 is 2.42 bits per heavy atom. The number of ether oxygens (including phenoxy) is 1. The number of hydrogen-bond acceptors (Lipinski definition) is 4. The molecule has 2 amide bonds. The zero-order valence-corrected chi connectivity index (χ0v) is 14.9. The van der Waals surface area contributed by atoms with Crippen LogP contribution in [-0.2, 0) is 9.53 Å². The number of nitrogens with zero attached hydrogens (tertiary/aromatic N) is 2. The summed E-state index contributed by atoms with van der Waals surface area (Å²) >= 11 is 5.53. The van der Waals surface area contributed by atoms with Gasteiger partial charge >= 0.3 is 6.09 Å². The summed E-state index contributed by atoms with van der Waals surface area (Å²) in [6.45, 7) is 4.00. The number of thiocarbonyl (C=S) groups is 1. The van der Waals surface area contributed by atoms with E-state index in [4.69, 9.17) is 17.0 Å². The van der Waals surface area contributed by atoms with E-state index in [0.29, 0.717) is 18.5 Å². The maximum Gasteiger partial charge on any atom is 0.417 e. The molecule has 1 aliphatic heterocycles. The maximum absolute atomic E-state index is 13.3. The highest BCUT2D eigenvalue weighted by molar-refractivity contribution is 7.80. The first kappa shape index (κ1) is 16.9. The number of carbonyl (C=O) groups is 2. The molecule has 24 heavy (non-hydrogen) atoms. The smallest absolute Gasteiger partial charge is 0.417 e. The molecule has 0 radical (unpaired) electrons. The molecule has 0 atom stereocenters. The molecule has 0 unspecified atom stereocenters. The van der Waals surface area contributed by atoms with E-state index < -0.39 is 11.6 Å². The van der Waals surface area contributed by atoms with E-state index in [1.54, 1.807) is 6.92 Å². The molecule has 1 aromatic rings. The molecular weight excluding hydrogens is 324 g/mol. The average Bonchev–Trinajstić information content (AvgIpc) is 2.77. The van der Waals surface area contributed by atoms with Crippen LogP contribution in [0.15, 0.2) is 24.3 Å². The Hall–Kier alpha value is -1.95. The molecule has 1 aliphatic carbocycles. The molecule has 1 saturated heterocycles. The van der Waals surface area contributed by atoms with Gasteiger partial charge in [-0.05, 0) is 51.0 Å². The monoisotopic (exact) mass is 346 g/mol. The third-order valence-electron chi connectivity index (χ3n) is 4.84. The van der Waals surface area contributed by atoms with Crippen molar-refractivity contribution in [3.05, 3.63) is 29.8 Å². The summed E-state index contributed by atoms with van der Waals surface area (Å²) in [4.78, 5) is 28.8. The van der Waals surface area contributed by atoms with Gasteiger partial charge in [-0.3, -0.25) is 9.69 Å². The Balaban J connectivity index is 2.03. The quantitative estimate of drug-likeness (QED) is 0.765. The van der Waals surface area contributed by atoms with Gasteiger partial charge in [-0.2, -0.15) is 0 Å². The van der Waals surface area contributed by atoms with Gasteiger partial charge in [0.2, 0.25) is 0 Å². The highest BCUT2D eigenvalue weighted by Gasteiger charge is 2.58. The summed E-state index contributed by atoms with van der Waals surface area (Å²) in [6, 6.07) is 7.60. The van der Waals surface area contributed by atoms with Crippen LogP contribution in [0.3, 0.4) is 0 Å². The topological polar surface area (TPSA) is 49.9 Å². The van der Waals surface area contributed by atoms with Crippen molar-refractivity contribution in [1.82, 2.24) is 4.90 Å². The van der Waals surface area contributed by atoms with Crippen molar-refractivity contribution in [2.45, 2.75) is 51.5 Å². The second-order valence-electron chi connectivity index (χ2n) is 6.39. The van der Waals surface area contributed by atoms with Crippen LogP contribution in [0.4, 0.5) is 10.5 Å². The van der Waals surface area contributed by atoms with Crippen LogP contribution in [-0.4, -0.2) is 34.2 Å². The van der Waals surface area contributed by atoms with E-state index in [-0.39, 0.29) is 17.6 Å². The third kappa shape index (κ3) is 2.59. The highest BCUT2D eigenvalue weighted by Crippen LogP contribution is 2.42. The largest absolute Gasteiger partial charge is 0.449 e. The Kier molecular flexibility index (Phi) is 4.58. The van der Waals surface area contributed by atoms with Crippen molar-refractivity contribution < 1.29 is 14.3 Å². The number of benzene rings is 1. The number of amides is 2. The van der Waals surface area contributed by atoms with Gasteiger partial charge in [0.15, 0.2) is 5.11 Å². The molecular formula is C18H22N2O3S. The van der Waals surface area contributed by atoms with Crippen LogP contribution in [0.1, 0.15) is 44.6 Å². The van der Waals surface area contributed by atoms with Crippen molar-refractivity contribution in [3.8, 4) is 0 Å². The van der Waals surface area contributed by atoms with E-state index in [0.717, 1.165) is 24.8 Å². The lowest BCUT2D eigenvalue weighted by molar-refractivity contribution is -0.126. The van der Waals surface area contributed by atoms with Crippen molar-refractivity contribution in [2.75, 3.05) is 11.5 Å². The Labute approximate surface area is 147 Å². The molecule has 5 nitrogen and oxygen atoms in total. The van der Waals surface area contributed by atoms with Gasteiger partial charge in [0.1, 0.15) is 5.54 Å². The minimum atomic E-state index is -0.882. The highest BCUT2D eigenvalue weighted by atomic mass is 32.1. The van der Waals surface area contributed by atoms with Crippen molar-refractivity contribution in [2.24, 2.45) is 0 Å². The third-order valence-corrected chi connectivity index (χ3v) is 5.20. The van der Waals surface area contributed by atoms with Crippen LogP contribution in [0.5, 0.6) is 0 Å². The van der Waals surface area contributed by atoms with E-state index in [1.807, 2.05) is 31.2 Å². The minimum Gasteiger partial charge on any atom is -0.449 e. The van der Waals surface area contributed by atoms with Crippen molar-refractivity contribution in [3.63, 3.8) is 0 Å². The van der Waals surface area contributed by atoms with Crippen LogP contribution >= 0.6 is 12.2 Å². The number of aryl methyl sites for hydroxylation is 1. The second kappa shape index (κ2) is 6.51. The van der Waals surface area contributed by atoms with Crippen molar-refractivity contribution >= 4 is 35.0 Å². The molecule has 0 bridgehead atoms. The summed E-state index contributed by atoms with van der Waals surface area (Å²) < 4.78 is 5.20. The molecule has 2 aliphatic rings. The summed E-state index contributed by atoms with van der Waals surface area (Å²) in [5.74, 6) is -0.107. The lowest BCUT2D eigenvalue weighted by atomic mass is 9.80. The normalized spacial score (nSPS) is 19.9. The molecule has 128 valence electrons. The molecule has 3 rings (SSSR count). The number of carbonyl (C=O) groups excluding carboxylic acids is 2. The zero-order chi connectivity index (χ0) is 17.3. The summed E-state index contributed by atoms with van der Waals surface area (Å²) in [6.07, 6.45) is 3.63. The SMILES string of the molecule is CCOC(=O)N1C(=S)N(c2ccc(C)cc2)C(=O)C12CCCCC2. The molecule has 1 saturated carbocycles. The number of anilines is 1. The second-order valence-corrected chi connectivity index (χ2v) is 6.75. The van der Waals surface area contributed by atoms with Gasteiger partial charge in [0.05, 0.1) is 12.3 Å². The standard InChI is InChI=1S/C18H22N2O3S/c1-3-23-17(22)20-16(24)19(14-9-7-13(2)8-10-14)15(21)18(20)11-5-4-6-12-18/h7-10H,3-6,11-12H2,1-2H3. The van der Waals surface area contributed by atoms with Gasteiger partial charge < -0.3 is 4.74 Å². The van der Waals surface area contributed by atoms with Crippen LogP contribution in [0.25, 0.3) is 0 Å². The van der Waals surface area contributed by atoms with E-state index in [9.17, 15) is 9.59 Å². The van der Waals surface area contributed by atoms with Crippen LogP contribution in [0, 0.1) is 6.92 Å². The zero-order valence-electron chi connectivity index (χ0n) is 14.1. The fourth-order valence-corrected chi connectivity index (χ4v) is 4.05. The fourth-order valence-electron chi connectivity index (χ4n) is 3.61. The molecule has 6 heteroatoms. The first-order chi connectivity index (χ1) is 11.5. The number of hydrogen-bond donors (Lipinski definition) is 0. The van der Waals surface area contributed by atoms with E-state index in [2.05, 4.69) is 0 Å². The first-order valence-electron chi connectivity index (χ1n) is 8.43. The summed E-state index contributed by atoms with van der Waals surface area (Å²) in [5.41, 5.74) is 0.922. The van der Waals surface area contributed by atoms with Gasteiger partial charge in [0.25, 0.3) is 5.91 Å². The Morgan fingerprint density at radius 2 is 1.83 bits per heavy atom. The summed E-state index contributed by atoms with van der Waals surface area (Å²) in [5, 5.41) is 0.226. The number of rotatable bonds is 2. The lowest BCUT2D eigenvalue weighted by Gasteiger charge is -2.36. The van der Waals surface area contributed by atoms with Gasteiger partial charge in [-0.15, -0.1) is 0 Å². The molecule has 0 aromatic heterocycles. The molecule has 1 spiro atoms. The molecule has 1 heterocycles. The van der Waals surface area contributed by atoms with Crippen LogP contribution in [0.2, 0.25) is 0 Å². The summed E-state index contributed by atoms with van der Waals surface area (Å²) in [7, 11) is 0. The molecule has 2 fully saturated rings. The van der Waals surface area contributed by atoms with E-state index in [1.165, 1.54) is 9.80 Å². The van der Waals surface area contributed by atoms with Gasteiger partial charge in [-0.1, -0.05) is 37.0 Å². The fraction of sp³-hybridized carbons (Fsp3) is 0.500. The van der Waals surface area contributed by atoms with Gasteiger partial charge in [0, 0.05) is 0 Å². The van der Waals surface area contributed by atoms with Crippen LogP contribution < -0.4 is 4.90 Å². The minimum absolute atomic E-state index is 0.107. The van der Waals surface area contributed by atoms with Crippen molar-refractivity contribution in [1.29, 1.82) is 0 Å². The maximum atomic E-state index is 13.3. The van der Waals surface area contributed by atoms with E-state index >= 15 is 0 Å². The Morgan fingerprint density at radius 1 is 1.21 bits per heavy atom. The molecule has 0 N–H and O–H groups in total. The van der Waals surface area contributed by atoms with Gasteiger partial charge in [-0.25, -0.2) is 9.69 Å².